The van der Waals surface area contributed by atoms with E-state index in [2.05, 4.69) is 20.3 Å². The van der Waals surface area contributed by atoms with E-state index in [9.17, 15) is 9.59 Å². The zero-order valence-corrected chi connectivity index (χ0v) is 22.3. The van der Waals surface area contributed by atoms with Crippen molar-refractivity contribution in [2.24, 2.45) is 0 Å². The second kappa shape index (κ2) is 12.3. The van der Waals surface area contributed by atoms with Gasteiger partial charge in [-0.3, -0.25) is 14.5 Å². The molecule has 0 bridgehead atoms. The van der Waals surface area contributed by atoms with Crippen LogP contribution in [0.5, 0.6) is 11.6 Å². The number of hydrogen-bond acceptors (Lipinski definition) is 6. The smallest absolute Gasteiger partial charge is 0.257 e. The standard InChI is InChI=1S/C28H25Cl2N5O4/c29-19-10-11-24(21(30)14-19)39-27-20(8-4-12-31-27)26(36)34-23(16-38-15-18-6-2-1-3-7-18)28(37)35-13-5-9-22-25(35)33-17-32-22/h1-4,6-8,10-12,14,17,23H,5,9,13,15-16H2,(H,32,33)(H,34,36)/t23-/m1/s1. The molecule has 4 aromatic rings. The molecule has 0 saturated heterocycles. The Bertz CT molecular complexity index is 1460. The molecule has 39 heavy (non-hydrogen) atoms. The van der Waals surface area contributed by atoms with Crippen molar-refractivity contribution in [3.05, 3.63) is 100 Å². The SMILES string of the molecule is O=C(N[C@H](COCc1ccccc1)C(=O)N1CCCc2[nH]cnc21)c1cccnc1Oc1ccc(Cl)cc1Cl. The minimum atomic E-state index is -0.990. The maximum absolute atomic E-state index is 13.7. The van der Waals surface area contributed by atoms with Crippen molar-refractivity contribution in [3.63, 3.8) is 0 Å². The number of aryl methyl sites for hydroxylation is 1. The van der Waals surface area contributed by atoms with Gasteiger partial charge in [0.1, 0.15) is 17.4 Å². The maximum atomic E-state index is 13.7. The maximum Gasteiger partial charge on any atom is 0.257 e. The molecule has 5 rings (SSSR count). The number of halogens is 2. The predicted molar refractivity (Wildman–Crippen MR) is 147 cm³/mol. The van der Waals surface area contributed by atoms with Crippen molar-refractivity contribution in [1.29, 1.82) is 0 Å². The molecular formula is C28H25Cl2N5O4. The average Bonchev–Trinajstić information content (AvgIpc) is 3.44. The third-order valence-corrected chi connectivity index (χ3v) is 6.67. The Morgan fingerprint density at radius 3 is 2.74 bits per heavy atom. The largest absolute Gasteiger partial charge is 0.437 e. The number of carbonyl (C=O) groups is 2. The molecule has 2 aromatic heterocycles. The molecule has 0 saturated carbocycles. The summed E-state index contributed by atoms with van der Waals surface area (Å²) >= 11 is 12.2. The van der Waals surface area contributed by atoms with E-state index in [0.29, 0.717) is 17.4 Å². The molecule has 3 heterocycles. The first-order valence-corrected chi connectivity index (χ1v) is 13.1. The number of hydrogen-bond donors (Lipinski definition) is 2. The van der Waals surface area contributed by atoms with Crippen molar-refractivity contribution in [3.8, 4) is 11.6 Å². The van der Waals surface area contributed by atoms with Gasteiger partial charge in [-0.2, -0.15) is 0 Å². The summed E-state index contributed by atoms with van der Waals surface area (Å²) < 4.78 is 11.7. The monoisotopic (exact) mass is 565 g/mol. The van der Waals surface area contributed by atoms with E-state index in [4.69, 9.17) is 32.7 Å². The number of aromatic nitrogens is 3. The van der Waals surface area contributed by atoms with E-state index in [1.54, 1.807) is 35.5 Å². The molecule has 0 radical (unpaired) electrons. The van der Waals surface area contributed by atoms with Crippen LogP contribution in [0.4, 0.5) is 5.82 Å². The normalized spacial score (nSPS) is 13.4. The van der Waals surface area contributed by atoms with E-state index in [1.807, 2.05) is 30.3 Å². The Morgan fingerprint density at radius 2 is 1.92 bits per heavy atom. The van der Waals surface area contributed by atoms with Gasteiger partial charge >= 0.3 is 0 Å². The Balaban J connectivity index is 1.36. The lowest BCUT2D eigenvalue weighted by Gasteiger charge is -2.29. The highest BCUT2D eigenvalue weighted by Gasteiger charge is 2.32. The second-order valence-corrected chi connectivity index (χ2v) is 9.70. The number of rotatable bonds is 9. The van der Waals surface area contributed by atoms with Gasteiger partial charge in [0.2, 0.25) is 5.88 Å². The van der Waals surface area contributed by atoms with Crippen LogP contribution in [0.15, 0.2) is 73.2 Å². The van der Waals surface area contributed by atoms with Crippen LogP contribution >= 0.6 is 23.2 Å². The molecule has 1 atom stereocenters. The number of H-pyrrole nitrogens is 1. The highest BCUT2D eigenvalue weighted by atomic mass is 35.5. The second-order valence-electron chi connectivity index (χ2n) is 8.86. The average molecular weight is 566 g/mol. The van der Waals surface area contributed by atoms with Crippen LogP contribution in [0.1, 0.15) is 28.0 Å². The Kier molecular flexibility index (Phi) is 8.41. The third-order valence-electron chi connectivity index (χ3n) is 6.14. The quantitative estimate of drug-likeness (QED) is 0.288. The number of anilines is 1. The Morgan fingerprint density at radius 1 is 1.08 bits per heavy atom. The lowest BCUT2D eigenvalue weighted by molar-refractivity contribution is -0.122. The van der Waals surface area contributed by atoms with Crippen molar-refractivity contribution in [2.75, 3.05) is 18.1 Å². The van der Waals surface area contributed by atoms with Crippen LogP contribution in [0, 0.1) is 0 Å². The van der Waals surface area contributed by atoms with Gasteiger partial charge in [0, 0.05) is 17.8 Å². The number of nitrogens with zero attached hydrogens (tertiary/aromatic N) is 3. The van der Waals surface area contributed by atoms with Gasteiger partial charge in [-0.25, -0.2) is 9.97 Å². The first-order valence-electron chi connectivity index (χ1n) is 12.3. The lowest BCUT2D eigenvalue weighted by atomic mass is 10.1. The number of imidazole rings is 1. The summed E-state index contributed by atoms with van der Waals surface area (Å²) in [7, 11) is 0. The molecule has 0 spiro atoms. The van der Waals surface area contributed by atoms with E-state index in [0.717, 1.165) is 24.1 Å². The molecule has 2 N–H and O–H groups in total. The Hall–Kier alpha value is -3.92. The minimum absolute atomic E-state index is 0.0307. The molecule has 9 nitrogen and oxygen atoms in total. The molecule has 200 valence electrons. The van der Waals surface area contributed by atoms with Gasteiger partial charge in [-0.1, -0.05) is 53.5 Å². The van der Waals surface area contributed by atoms with Crippen LogP contribution in [0.25, 0.3) is 0 Å². The van der Waals surface area contributed by atoms with Crippen LogP contribution in [0.3, 0.4) is 0 Å². The molecule has 11 heteroatoms. The number of aromatic amines is 1. The van der Waals surface area contributed by atoms with Crippen molar-refractivity contribution in [2.45, 2.75) is 25.5 Å². The molecule has 1 aliphatic rings. The summed E-state index contributed by atoms with van der Waals surface area (Å²) in [6, 6.07) is 16.5. The van der Waals surface area contributed by atoms with Gasteiger partial charge in [0.25, 0.3) is 11.8 Å². The van der Waals surface area contributed by atoms with Crippen LogP contribution < -0.4 is 15.0 Å². The van der Waals surface area contributed by atoms with E-state index in [1.165, 1.54) is 12.3 Å². The van der Waals surface area contributed by atoms with Crippen LogP contribution in [0.2, 0.25) is 10.0 Å². The van der Waals surface area contributed by atoms with Crippen LogP contribution in [-0.4, -0.2) is 46.0 Å². The van der Waals surface area contributed by atoms with Crippen LogP contribution in [-0.2, 0) is 22.6 Å². The van der Waals surface area contributed by atoms with Crippen molar-refractivity contribution in [1.82, 2.24) is 20.3 Å². The molecule has 0 fully saturated rings. The van der Waals surface area contributed by atoms with Crippen molar-refractivity contribution < 1.29 is 19.1 Å². The van der Waals surface area contributed by atoms with Gasteiger partial charge in [-0.05, 0) is 48.7 Å². The van der Waals surface area contributed by atoms with E-state index < -0.39 is 11.9 Å². The summed E-state index contributed by atoms with van der Waals surface area (Å²) in [4.78, 5) is 40.4. The van der Waals surface area contributed by atoms with Crippen molar-refractivity contribution >= 4 is 40.8 Å². The van der Waals surface area contributed by atoms with E-state index >= 15 is 0 Å². The first-order chi connectivity index (χ1) is 19.0. The topological polar surface area (TPSA) is 109 Å². The number of amides is 2. The van der Waals surface area contributed by atoms with Gasteiger partial charge in [0.05, 0.1) is 30.3 Å². The summed E-state index contributed by atoms with van der Waals surface area (Å²) in [6.07, 6.45) is 4.63. The summed E-state index contributed by atoms with van der Waals surface area (Å²) in [5, 5.41) is 3.53. The molecule has 0 aliphatic carbocycles. The summed E-state index contributed by atoms with van der Waals surface area (Å²) in [6.45, 7) is 0.720. The first kappa shape index (κ1) is 26.7. The number of nitrogens with one attached hydrogen (secondary N) is 2. The van der Waals surface area contributed by atoms with E-state index in [-0.39, 0.29) is 41.3 Å². The fourth-order valence-electron chi connectivity index (χ4n) is 4.24. The molecular weight excluding hydrogens is 541 g/mol. The predicted octanol–water partition coefficient (Wildman–Crippen LogP) is 5.20. The summed E-state index contributed by atoms with van der Waals surface area (Å²) in [5.74, 6) is 0.00668. The van der Waals surface area contributed by atoms with Gasteiger partial charge < -0.3 is 19.8 Å². The molecule has 2 amide bonds. The minimum Gasteiger partial charge on any atom is -0.437 e. The molecule has 0 unspecified atom stereocenters. The number of benzene rings is 2. The lowest BCUT2D eigenvalue weighted by Crippen LogP contribution is -2.52. The third kappa shape index (κ3) is 6.39. The summed E-state index contributed by atoms with van der Waals surface area (Å²) in [5.41, 5.74) is 1.96. The fraction of sp³-hybridized carbons (Fsp3) is 0.214. The van der Waals surface area contributed by atoms with Gasteiger partial charge in [0.15, 0.2) is 5.82 Å². The zero-order valence-electron chi connectivity index (χ0n) is 20.8. The highest BCUT2D eigenvalue weighted by Crippen LogP contribution is 2.32. The van der Waals surface area contributed by atoms with Gasteiger partial charge in [-0.15, -0.1) is 0 Å². The highest BCUT2D eigenvalue weighted by molar-refractivity contribution is 6.35. The fourth-order valence-corrected chi connectivity index (χ4v) is 4.69. The zero-order chi connectivity index (χ0) is 27.2. The number of fused-ring (bicyclic) bond motifs is 1. The molecule has 1 aliphatic heterocycles. The number of carbonyl (C=O) groups excluding carboxylic acids is 2. The number of ether oxygens (including phenoxy) is 2. The molecule has 2 aromatic carbocycles. The Labute approximate surface area is 235 Å². The number of pyridine rings is 1.